The van der Waals surface area contributed by atoms with Gasteiger partial charge < -0.3 is 10.1 Å². The van der Waals surface area contributed by atoms with Crippen molar-refractivity contribution in [3.63, 3.8) is 0 Å². The van der Waals surface area contributed by atoms with Gasteiger partial charge in [-0.3, -0.25) is 4.90 Å². The van der Waals surface area contributed by atoms with E-state index in [9.17, 15) is 8.78 Å². The summed E-state index contributed by atoms with van der Waals surface area (Å²) in [4.78, 5) is 10.7. The van der Waals surface area contributed by atoms with Crippen LogP contribution < -0.4 is 5.32 Å². The van der Waals surface area contributed by atoms with Crippen LogP contribution in [-0.2, 0) is 4.74 Å². The average molecular weight is 376 g/mol. The van der Waals surface area contributed by atoms with Gasteiger partial charge in [0.05, 0.1) is 18.7 Å². The number of para-hydroxylation sites is 1. The van der Waals surface area contributed by atoms with E-state index < -0.39 is 12.2 Å². The molecule has 0 atom stereocenters. The molecule has 1 saturated carbocycles. The Morgan fingerprint density at radius 1 is 1.07 bits per heavy atom. The number of anilines is 1. The quantitative estimate of drug-likeness (QED) is 0.854. The summed E-state index contributed by atoms with van der Waals surface area (Å²) in [5.74, 6) is 0.0920. The Bertz CT molecular complexity index is 774. The van der Waals surface area contributed by atoms with Crippen LogP contribution in [-0.4, -0.2) is 53.3 Å². The maximum absolute atomic E-state index is 13.3. The number of morpholine rings is 1. The molecule has 146 valence electrons. The summed E-state index contributed by atoms with van der Waals surface area (Å²) in [5, 5.41) is 4.21. The van der Waals surface area contributed by atoms with Gasteiger partial charge in [-0.1, -0.05) is 31.4 Å². The lowest BCUT2D eigenvalue weighted by Gasteiger charge is -2.48. The fourth-order valence-corrected chi connectivity index (χ4v) is 4.43. The zero-order valence-electron chi connectivity index (χ0n) is 15.5. The maximum atomic E-state index is 13.3. The number of fused-ring (bicyclic) bond motifs is 1. The number of nitrogens with zero attached hydrogens (tertiary/aromatic N) is 3. The van der Waals surface area contributed by atoms with Crippen LogP contribution >= 0.6 is 0 Å². The van der Waals surface area contributed by atoms with Crippen molar-refractivity contribution >= 4 is 16.7 Å². The van der Waals surface area contributed by atoms with Crippen LogP contribution in [0.2, 0.25) is 0 Å². The Hall–Kier alpha value is -1.86. The number of aromatic nitrogens is 2. The molecular formula is C20H26F2N4O. The van der Waals surface area contributed by atoms with Gasteiger partial charge in [0.25, 0.3) is 6.43 Å². The Morgan fingerprint density at radius 3 is 2.56 bits per heavy atom. The average Bonchev–Trinajstić information content (AvgIpc) is 2.73. The zero-order chi connectivity index (χ0) is 18.7. The van der Waals surface area contributed by atoms with Gasteiger partial charge in [0.15, 0.2) is 5.82 Å². The van der Waals surface area contributed by atoms with Gasteiger partial charge in [0.2, 0.25) is 0 Å². The van der Waals surface area contributed by atoms with Crippen molar-refractivity contribution in [2.75, 3.05) is 38.2 Å². The van der Waals surface area contributed by atoms with Crippen LogP contribution in [0.25, 0.3) is 10.9 Å². The van der Waals surface area contributed by atoms with Gasteiger partial charge >= 0.3 is 0 Å². The fraction of sp³-hybridized carbons (Fsp3) is 0.600. The van der Waals surface area contributed by atoms with E-state index in [2.05, 4.69) is 20.2 Å². The van der Waals surface area contributed by atoms with E-state index in [0.29, 0.717) is 17.9 Å². The minimum Gasteiger partial charge on any atom is -0.379 e. The molecule has 1 aliphatic carbocycles. The highest BCUT2D eigenvalue weighted by Crippen LogP contribution is 2.35. The largest absolute Gasteiger partial charge is 0.379 e. The molecule has 2 aliphatic rings. The van der Waals surface area contributed by atoms with E-state index in [1.807, 2.05) is 18.2 Å². The summed E-state index contributed by atoms with van der Waals surface area (Å²) < 4.78 is 32.1. The zero-order valence-corrected chi connectivity index (χ0v) is 15.5. The summed E-state index contributed by atoms with van der Waals surface area (Å²) in [7, 11) is 0. The first kappa shape index (κ1) is 18.5. The first-order chi connectivity index (χ1) is 13.2. The van der Waals surface area contributed by atoms with Crippen molar-refractivity contribution in [3.05, 3.63) is 30.1 Å². The molecule has 1 N–H and O–H groups in total. The Balaban J connectivity index is 1.62. The lowest BCUT2D eigenvalue weighted by atomic mass is 9.79. The second-order valence-corrected chi connectivity index (χ2v) is 7.49. The Morgan fingerprint density at radius 2 is 1.81 bits per heavy atom. The number of hydrogen-bond acceptors (Lipinski definition) is 5. The molecule has 1 aromatic carbocycles. The molecular weight excluding hydrogens is 350 g/mol. The lowest BCUT2D eigenvalue weighted by Crippen LogP contribution is -2.58. The molecule has 0 amide bonds. The minimum absolute atomic E-state index is 0.0408. The third kappa shape index (κ3) is 3.89. The summed E-state index contributed by atoms with van der Waals surface area (Å²) >= 11 is 0. The van der Waals surface area contributed by atoms with Crippen molar-refractivity contribution in [2.45, 2.75) is 44.1 Å². The van der Waals surface area contributed by atoms with Gasteiger partial charge in [0.1, 0.15) is 5.82 Å². The molecule has 2 aromatic rings. The summed E-state index contributed by atoms with van der Waals surface area (Å²) in [6, 6.07) is 7.34. The molecule has 27 heavy (non-hydrogen) atoms. The highest BCUT2D eigenvalue weighted by Gasteiger charge is 2.38. The normalized spacial score (nSPS) is 20.9. The standard InChI is InChI=1S/C20H26F2N4O/c21-17(22)19-24-16-7-3-2-6-15(16)18(25-19)23-14-20(8-4-1-5-9-20)26-10-12-27-13-11-26/h2-3,6-7,17H,1,4-5,8-14H2,(H,23,24,25). The highest BCUT2D eigenvalue weighted by molar-refractivity contribution is 5.89. The first-order valence-corrected chi connectivity index (χ1v) is 9.79. The molecule has 1 aromatic heterocycles. The molecule has 0 bridgehead atoms. The number of ether oxygens (including phenoxy) is 1. The summed E-state index contributed by atoms with van der Waals surface area (Å²) in [6.45, 7) is 4.07. The van der Waals surface area contributed by atoms with Gasteiger partial charge in [0, 0.05) is 30.6 Å². The van der Waals surface area contributed by atoms with Crippen LogP contribution in [0.1, 0.15) is 44.4 Å². The van der Waals surface area contributed by atoms with Crippen LogP contribution in [0, 0.1) is 0 Å². The number of nitrogens with one attached hydrogen (secondary N) is 1. The van der Waals surface area contributed by atoms with Crippen molar-refractivity contribution in [1.29, 1.82) is 0 Å². The third-order valence-corrected chi connectivity index (χ3v) is 5.87. The van der Waals surface area contributed by atoms with Gasteiger partial charge in [-0.2, -0.15) is 0 Å². The molecule has 0 spiro atoms. The number of benzene rings is 1. The van der Waals surface area contributed by atoms with Crippen molar-refractivity contribution in [3.8, 4) is 0 Å². The first-order valence-electron chi connectivity index (χ1n) is 9.79. The number of hydrogen-bond donors (Lipinski definition) is 1. The molecule has 1 saturated heterocycles. The van der Waals surface area contributed by atoms with Crippen LogP contribution in [0.5, 0.6) is 0 Å². The van der Waals surface area contributed by atoms with Gasteiger partial charge in [-0.25, -0.2) is 18.7 Å². The topological polar surface area (TPSA) is 50.3 Å². The molecule has 1 aliphatic heterocycles. The van der Waals surface area contributed by atoms with E-state index >= 15 is 0 Å². The Kier molecular flexibility index (Phi) is 5.50. The van der Waals surface area contributed by atoms with E-state index in [-0.39, 0.29) is 5.54 Å². The molecule has 0 radical (unpaired) electrons. The fourth-order valence-electron chi connectivity index (χ4n) is 4.43. The van der Waals surface area contributed by atoms with E-state index in [1.54, 1.807) is 6.07 Å². The van der Waals surface area contributed by atoms with Gasteiger partial charge in [-0.05, 0) is 25.0 Å². The minimum atomic E-state index is -2.68. The molecule has 2 fully saturated rings. The van der Waals surface area contributed by atoms with Crippen LogP contribution in [0.3, 0.4) is 0 Å². The second kappa shape index (κ2) is 8.02. The molecule has 4 rings (SSSR count). The van der Waals surface area contributed by atoms with E-state index in [1.165, 1.54) is 19.3 Å². The SMILES string of the molecule is FC(F)c1nc(NCC2(N3CCOCC3)CCCCC2)c2ccccc2n1. The van der Waals surface area contributed by atoms with Crippen molar-refractivity contribution < 1.29 is 13.5 Å². The predicted octanol–water partition coefficient (Wildman–Crippen LogP) is 4.01. The molecule has 2 heterocycles. The van der Waals surface area contributed by atoms with E-state index in [0.717, 1.165) is 44.5 Å². The van der Waals surface area contributed by atoms with Crippen molar-refractivity contribution in [1.82, 2.24) is 14.9 Å². The maximum Gasteiger partial charge on any atom is 0.297 e. The number of halogens is 2. The predicted molar refractivity (Wildman–Crippen MR) is 101 cm³/mol. The second-order valence-electron chi connectivity index (χ2n) is 7.49. The third-order valence-electron chi connectivity index (χ3n) is 5.87. The monoisotopic (exact) mass is 376 g/mol. The van der Waals surface area contributed by atoms with Crippen molar-refractivity contribution in [2.24, 2.45) is 0 Å². The summed E-state index contributed by atoms with van der Waals surface area (Å²) in [5.41, 5.74) is 0.591. The summed E-state index contributed by atoms with van der Waals surface area (Å²) in [6.07, 6.45) is 3.21. The Labute approximate surface area is 158 Å². The van der Waals surface area contributed by atoms with Crippen LogP contribution in [0.4, 0.5) is 14.6 Å². The van der Waals surface area contributed by atoms with Gasteiger partial charge in [-0.15, -0.1) is 0 Å². The molecule has 7 heteroatoms. The number of alkyl halides is 2. The number of rotatable bonds is 5. The lowest BCUT2D eigenvalue weighted by molar-refractivity contribution is -0.0318. The van der Waals surface area contributed by atoms with Crippen LogP contribution in [0.15, 0.2) is 24.3 Å². The highest BCUT2D eigenvalue weighted by atomic mass is 19.3. The van der Waals surface area contributed by atoms with E-state index in [4.69, 9.17) is 4.74 Å². The molecule has 5 nitrogen and oxygen atoms in total. The molecule has 0 unspecified atom stereocenters. The smallest absolute Gasteiger partial charge is 0.297 e.